The molecule has 0 aromatic heterocycles. The topological polar surface area (TPSA) is 142 Å². The van der Waals surface area contributed by atoms with Crippen LogP contribution in [0.2, 0.25) is 10.0 Å². The molecule has 1 fully saturated rings. The molecule has 9 nitrogen and oxygen atoms in total. The minimum absolute atomic E-state index is 0.0810. The van der Waals surface area contributed by atoms with Crippen LogP contribution in [0.4, 0.5) is 5.69 Å². The highest BCUT2D eigenvalue weighted by Crippen LogP contribution is 2.36. The van der Waals surface area contributed by atoms with Crippen LogP contribution in [-0.4, -0.2) is 61.2 Å². The Kier molecular flexibility index (Phi) is 9.37. The zero-order chi connectivity index (χ0) is 29.0. The van der Waals surface area contributed by atoms with Gasteiger partial charge in [0.25, 0.3) is 5.91 Å². The van der Waals surface area contributed by atoms with Gasteiger partial charge < -0.3 is 16.2 Å². The zero-order valence-corrected chi connectivity index (χ0v) is 24.0. The number of sulfonamides is 1. The molecule has 1 aliphatic rings. The van der Waals surface area contributed by atoms with Crippen LogP contribution in [0.25, 0.3) is 0 Å². The Balaban J connectivity index is 1.40. The minimum Gasteiger partial charge on any atom is -0.391 e. The number of carbonyl (C=O) groups excluding carboxylic acids is 2. The lowest BCUT2D eigenvalue weighted by Crippen LogP contribution is -2.51. The van der Waals surface area contributed by atoms with E-state index < -0.39 is 34.0 Å². The van der Waals surface area contributed by atoms with Crippen molar-refractivity contribution >= 4 is 50.7 Å². The third-order valence-electron chi connectivity index (χ3n) is 6.65. The van der Waals surface area contributed by atoms with Gasteiger partial charge in [-0.3, -0.25) is 19.2 Å². The molecule has 2 unspecified atom stereocenters. The summed E-state index contributed by atoms with van der Waals surface area (Å²) in [7, 11) is -3.73. The van der Waals surface area contributed by atoms with Crippen molar-refractivity contribution in [2.45, 2.75) is 25.1 Å². The quantitative estimate of drug-likeness (QED) is 0.264. The van der Waals surface area contributed by atoms with Crippen molar-refractivity contribution in [1.29, 1.82) is 0 Å². The lowest BCUT2D eigenvalue weighted by atomic mass is 9.91. The molecule has 2 amide bonds. The van der Waals surface area contributed by atoms with Crippen molar-refractivity contribution in [2.24, 2.45) is 11.7 Å². The lowest BCUT2D eigenvalue weighted by Gasteiger charge is -2.44. The van der Waals surface area contributed by atoms with Crippen LogP contribution in [0, 0.1) is 5.92 Å². The average Bonchev–Trinajstić information content (AvgIpc) is 2.87. The van der Waals surface area contributed by atoms with Crippen molar-refractivity contribution in [1.82, 2.24) is 10.2 Å². The van der Waals surface area contributed by atoms with Crippen LogP contribution < -0.4 is 15.8 Å². The van der Waals surface area contributed by atoms with Gasteiger partial charge in [0, 0.05) is 40.3 Å². The first-order valence-corrected chi connectivity index (χ1v) is 15.0. The summed E-state index contributed by atoms with van der Waals surface area (Å²) in [5.74, 6) is -1.76. The standard InChI is InChI=1S/C28H30Cl2N4O5S/c1-17(35)25(27(31)36)32-28(37)21-3-2-4-24(13-21)33-40(38,39)16-18-14-34(15-18)26(19-5-9-22(29)10-6-19)20-7-11-23(30)12-8-20/h2-13,17-18,25-26,33,35H,14-16H2,1H3,(H2,31,36)(H,32,37). The SMILES string of the molecule is CC(O)C(NC(=O)c1cccc(NS(=O)(=O)CC2CN(C(c3ccc(Cl)cc3)c3ccc(Cl)cc3)C2)c1)C(N)=O. The fourth-order valence-electron chi connectivity index (χ4n) is 4.74. The molecule has 0 aliphatic carbocycles. The molecule has 1 aliphatic heterocycles. The van der Waals surface area contributed by atoms with E-state index in [2.05, 4.69) is 14.9 Å². The second-order valence-corrected chi connectivity index (χ2v) is 12.5. The van der Waals surface area contributed by atoms with E-state index in [1.54, 1.807) is 0 Å². The van der Waals surface area contributed by atoms with Gasteiger partial charge in [-0.05, 0) is 60.5 Å². The van der Waals surface area contributed by atoms with Crippen molar-refractivity contribution in [3.05, 3.63) is 99.5 Å². The molecule has 212 valence electrons. The molecule has 1 saturated heterocycles. The van der Waals surface area contributed by atoms with Crippen LogP contribution in [0.5, 0.6) is 0 Å². The maximum absolute atomic E-state index is 13.0. The largest absolute Gasteiger partial charge is 0.391 e. The molecule has 3 aromatic carbocycles. The van der Waals surface area contributed by atoms with Gasteiger partial charge in [-0.2, -0.15) is 0 Å². The second kappa shape index (κ2) is 12.6. The smallest absolute Gasteiger partial charge is 0.252 e. The van der Waals surface area contributed by atoms with Gasteiger partial charge in [0.05, 0.1) is 17.9 Å². The van der Waals surface area contributed by atoms with Gasteiger partial charge in [-0.1, -0.05) is 53.5 Å². The number of amides is 2. The molecule has 0 bridgehead atoms. The van der Waals surface area contributed by atoms with Gasteiger partial charge in [0.15, 0.2) is 0 Å². The van der Waals surface area contributed by atoms with E-state index in [9.17, 15) is 23.1 Å². The summed E-state index contributed by atoms with van der Waals surface area (Å²) in [6, 6.07) is 19.7. The van der Waals surface area contributed by atoms with Crippen molar-refractivity contribution in [3.63, 3.8) is 0 Å². The maximum Gasteiger partial charge on any atom is 0.252 e. The number of nitrogens with zero attached hydrogens (tertiary/aromatic N) is 1. The number of carbonyl (C=O) groups is 2. The molecule has 0 spiro atoms. The number of halogens is 2. The van der Waals surface area contributed by atoms with Gasteiger partial charge in [0.2, 0.25) is 15.9 Å². The average molecular weight is 606 g/mol. The summed E-state index contributed by atoms with van der Waals surface area (Å²) in [5.41, 5.74) is 7.62. The normalized spacial score (nSPS) is 15.7. The van der Waals surface area contributed by atoms with Crippen molar-refractivity contribution in [3.8, 4) is 0 Å². The van der Waals surface area contributed by atoms with E-state index in [1.165, 1.54) is 31.2 Å². The van der Waals surface area contributed by atoms with Crippen LogP contribution in [0.15, 0.2) is 72.8 Å². The number of benzene rings is 3. The van der Waals surface area contributed by atoms with Gasteiger partial charge in [0.1, 0.15) is 6.04 Å². The molecule has 0 radical (unpaired) electrons. The first kappa shape index (κ1) is 29.8. The molecule has 3 aromatic rings. The predicted molar refractivity (Wildman–Crippen MR) is 156 cm³/mol. The summed E-state index contributed by atoms with van der Waals surface area (Å²) < 4.78 is 28.5. The Morgan fingerprint density at radius 1 is 1.00 bits per heavy atom. The summed E-state index contributed by atoms with van der Waals surface area (Å²) in [6.45, 7) is 2.45. The Labute approximate surface area is 243 Å². The Hall–Kier alpha value is -3.15. The van der Waals surface area contributed by atoms with E-state index in [-0.39, 0.29) is 29.0 Å². The maximum atomic E-state index is 13.0. The van der Waals surface area contributed by atoms with E-state index in [0.29, 0.717) is 23.1 Å². The zero-order valence-electron chi connectivity index (χ0n) is 21.6. The van der Waals surface area contributed by atoms with E-state index in [1.807, 2.05) is 48.5 Å². The summed E-state index contributed by atoms with van der Waals surface area (Å²) in [5, 5.41) is 13.3. The highest BCUT2D eigenvalue weighted by molar-refractivity contribution is 7.92. The third-order valence-corrected chi connectivity index (χ3v) is 8.61. The number of aliphatic hydroxyl groups is 1. The monoisotopic (exact) mass is 604 g/mol. The van der Waals surface area contributed by atoms with Gasteiger partial charge >= 0.3 is 0 Å². The number of hydrogen-bond donors (Lipinski definition) is 4. The van der Waals surface area contributed by atoms with Crippen LogP contribution >= 0.6 is 23.2 Å². The summed E-state index contributed by atoms with van der Waals surface area (Å²) in [4.78, 5) is 26.3. The number of hydrogen-bond acceptors (Lipinski definition) is 6. The van der Waals surface area contributed by atoms with Crippen molar-refractivity contribution in [2.75, 3.05) is 23.6 Å². The number of rotatable bonds is 11. The minimum atomic E-state index is -3.73. The van der Waals surface area contributed by atoms with E-state index >= 15 is 0 Å². The fraction of sp³-hybridized carbons (Fsp3) is 0.286. The molecule has 40 heavy (non-hydrogen) atoms. The first-order valence-electron chi connectivity index (χ1n) is 12.6. The second-order valence-electron chi connectivity index (χ2n) is 9.88. The highest BCUT2D eigenvalue weighted by Gasteiger charge is 2.36. The lowest BCUT2D eigenvalue weighted by molar-refractivity contribution is -0.122. The molecule has 2 atom stereocenters. The number of aliphatic hydroxyl groups excluding tert-OH is 1. The molecular formula is C28H30Cl2N4O5S. The van der Waals surface area contributed by atoms with Crippen LogP contribution in [-0.2, 0) is 14.8 Å². The van der Waals surface area contributed by atoms with Gasteiger partial charge in [-0.25, -0.2) is 8.42 Å². The van der Waals surface area contributed by atoms with E-state index in [0.717, 1.165) is 11.1 Å². The molecule has 1 heterocycles. The Bertz CT molecular complexity index is 1420. The van der Waals surface area contributed by atoms with E-state index in [4.69, 9.17) is 28.9 Å². The Morgan fingerprint density at radius 3 is 2.05 bits per heavy atom. The molecular weight excluding hydrogens is 575 g/mol. The molecule has 4 rings (SSSR count). The predicted octanol–water partition coefficient (Wildman–Crippen LogP) is 3.42. The Morgan fingerprint density at radius 2 is 1.55 bits per heavy atom. The molecule has 0 saturated carbocycles. The molecule has 5 N–H and O–H groups in total. The number of primary amides is 1. The highest BCUT2D eigenvalue weighted by atomic mass is 35.5. The first-order chi connectivity index (χ1) is 18.9. The third kappa shape index (κ3) is 7.52. The number of anilines is 1. The fourth-order valence-corrected chi connectivity index (χ4v) is 6.39. The van der Waals surface area contributed by atoms with Crippen molar-refractivity contribution < 1.29 is 23.1 Å². The van der Waals surface area contributed by atoms with Gasteiger partial charge in [-0.15, -0.1) is 0 Å². The summed E-state index contributed by atoms with van der Waals surface area (Å²) >= 11 is 12.2. The number of nitrogens with one attached hydrogen (secondary N) is 2. The number of likely N-dealkylation sites (tertiary alicyclic amines) is 1. The van der Waals surface area contributed by atoms with Crippen LogP contribution in [0.1, 0.15) is 34.5 Å². The van der Waals surface area contributed by atoms with Crippen LogP contribution in [0.3, 0.4) is 0 Å². The summed E-state index contributed by atoms with van der Waals surface area (Å²) in [6.07, 6.45) is -1.19. The number of nitrogens with two attached hydrogens (primary N) is 1. The molecule has 12 heteroatoms.